The Morgan fingerprint density at radius 1 is 1.09 bits per heavy atom. The molecule has 3 rings (SSSR count). The van der Waals surface area contributed by atoms with Crippen LogP contribution in [0.15, 0.2) is 53.4 Å². The predicted molar refractivity (Wildman–Crippen MR) is 84.0 cm³/mol. The summed E-state index contributed by atoms with van der Waals surface area (Å²) in [5, 5.41) is -1.10. The van der Waals surface area contributed by atoms with Crippen molar-refractivity contribution in [1.82, 2.24) is 4.31 Å². The van der Waals surface area contributed by atoms with Crippen molar-refractivity contribution in [3.05, 3.63) is 65.5 Å². The van der Waals surface area contributed by atoms with Crippen LogP contribution < -0.4 is 0 Å². The number of carbonyl (C=O) groups excluding carboxylic acids is 1. The lowest BCUT2D eigenvalue weighted by Gasteiger charge is -2.43. The van der Waals surface area contributed by atoms with Crippen LogP contribution in [0.5, 0.6) is 0 Å². The molecule has 2 aromatic carbocycles. The molecule has 0 N–H and O–H groups in total. The van der Waals surface area contributed by atoms with Crippen molar-refractivity contribution >= 4 is 27.5 Å². The average molecular weight is 354 g/mol. The van der Waals surface area contributed by atoms with Crippen LogP contribution in [0.4, 0.5) is 4.39 Å². The standard InChI is InChI=1S/C16H13ClFNO3S/c1-10-6-8-11(9-7-10)23(21,22)19-15(14(17)16(19)20)12-4-2-3-5-13(12)18/h2-9,14-15H,1H3/t14?,15-/m1/s1. The van der Waals surface area contributed by atoms with Gasteiger partial charge in [-0.2, -0.15) is 0 Å². The monoisotopic (exact) mass is 353 g/mol. The number of alkyl halides is 1. The largest absolute Gasteiger partial charge is 0.272 e. The van der Waals surface area contributed by atoms with Crippen LogP contribution in [0.2, 0.25) is 0 Å². The molecule has 0 radical (unpaired) electrons. The summed E-state index contributed by atoms with van der Waals surface area (Å²) in [5.41, 5.74) is 0.975. The van der Waals surface area contributed by atoms with Gasteiger partial charge in [0, 0.05) is 5.56 Å². The molecule has 120 valence electrons. The molecule has 0 aromatic heterocycles. The molecule has 0 bridgehead atoms. The van der Waals surface area contributed by atoms with Crippen molar-refractivity contribution in [3.8, 4) is 0 Å². The molecule has 1 heterocycles. The molecule has 1 aliphatic heterocycles. The highest BCUT2D eigenvalue weighted by Gasteiger charge is 2.54. The van der Waals surface area contributed by atoms with Gasteiger partial charge < -0.3 is 0 Å². The zero-order chi connectivity index (χ0) is 16.8. The second-order valence-electron chi connectivity index (χ2n) is 5.32. The zero-order valence-electron chi connectivity index (χ0n) is 12.1. The molecular formula is C16H13ClFNO3S. The normalized spacial score (nSPS) is 21.2. The molecule has 1 aliphatic rings. The fourth-order valence-electron chi connectivity index (χ4n) is 2.52. The van der Waals surface area contributed by atoms with E-state index >= 15 is 0 Å². The van der Waals surface area contributed by atoms with Crippen molar-refractivity contribution in [3.63, 3.8) is 0 Å². The zero-order valence-corrected chi connectivity index (χ0v) is 13.7. The second kappa shape index (κ2) is 5.62. The molecule has 0 spiro atoms. The van der Waals surface area contributed by atoms with Gasteiger partial charge in [-0.1, -0.05) is 35.9 Å². The summed E-state index contributed by atoms with van der Waals surface area (Å²) in [6, 6.07) is 10.7. The Hall–Kier alpha value is -1.92. The summed E-state index contributed by atoms with van der Waals surface area (Å²) in [6.07, 6.45) is 0. The summed E-state index contributed by atoms with van der Waals surface area (Å²) >= 11 is 5.96. The first-order chi connectivity index (χ1) is 10.8. The number of benzene rings is 2. The van der Waals surface area contributed by atoms with E-state index in [0.717, 1.165) is 5.56 Å². The van der Waals surface area contributed by atoms with E-state index in [1.165, 1.54) is 30.3 Å². The number of nitrogens with zero attached hydrogens (tertiary/aromatic N) is 1. The number of hydrogen-bond acceptors (Lipinski definition) is 3. The van der Waals surface area contributed by atoms with Gasteiger partial charge in [-0.3, -0.25) is 4.79 Å². The Morgan fingerprint density at radius 3 is 2.30 bits per heavy atom. The molecule has 0 saturated carbocycles. The summed E-state index contributed by atoms with van der Waals surface area (Å²) in [4.78, 5) is 12.0. The van der Waals surface area contributed by atoms with Crippen LogP contribution in [0.25, 0.3) is 0 Å². The third kappa shape index (κ3) is 2.52. The van der Waals surface area contributed by atoms with E-state index in [2.05, 4.69) is 0 Å². The topological polar surface area (TPSA) is 54.5 Å². The number of sulfonamides is 1. The number of hydrogen-bond donors (Lipinski definition) is 0. The Kier molecular flexibility index (Phi) is 3.90. The van der Waals surface area contributed by atoms with E-state index in [1.54, 1.807) is 18.2 Å². The molecule has 4 nitrogen and oxygen atoms in total. The van der Waals surface area contributed by atoms with Crippen molar-refractivity contribution in [2.24, 2.45) is 0 Å². The first-order valence-corrected chi connectivity index (χ1v) is 8.75. The van der Waals surface area contributed by atoms with Gasteiger partial charge in [0.05, 0.1) is 4.90 Å². The van der Waals surface area contributed by atoms with Crippen LogP contribution in [0, 0.1) is 12.7 Å². The quantitative estimate of drug-likeness (QED) is 0.629. The number of amides is 1. The Labute approximate surface area is 138 Å². The highest BCUT2D eigenvalue weighted by molar-refractivity contribution is 7.89. The molecule has 23 heavy (non-hydrogen) atoms. The van der Waals surface area contributed by atoms with E-state index in [9.17, 15) is 17.6 Å². The lowest BCUT2D eigenvalue weighted by atomic mass is 9.96. The van der Waals surface area contributed by atoms with E-state index in [0.29, 0.717) is 4.31 Å². The number of aryl methyl sites for hydroxylation is 1. The molecule has 1 amide bonds. The van der Waals surface area contributed by atoms with Gasteiger partial charge >= 0.3 is 0 Å². The summed E-state index contributed by atoms with van der Waals surface area (Å²) < 4.78 is 40.0. The van der Waals surface area contributed by atoms with Gasteiger partial charge in [-0.25, -0.2) is 17.1 Å². The van der Waals surface area contributed by atoms with Crippen molar-refractivity contribution in [2.75, 3.05) is 0 Å². The number of carbonyl (C=O) groups is 1. The van der Waals surface area contributed by atoms with E-state index in [4.69, 9.17) is 11.6 Å². The van der Waals surface area contributed by atoms with Gasteiger partial charge in [0.25, 0.3) is 15.9 Å². The van der Waals surface area contributed by atoms with Crippen LogP contribution in [0.3, 0.4) is 0 Å². The number of halogens is 2. The first kappa shape index (κ1) is 16.0. The van der Waals surface area contributed by atoms with Gasteiger partial charge in [-0.15, -0.1) is 11.6 Å². The van der Waals surface area contributed by atoms with E-state index in [-0.39, 0.29) is 10.5 Å². The third-order valence-corrected chi connectivity index (χ3v) is 6.00. The number of rotatable bonds is 3. The minimum Gasteiger partial charge on any atom is -0.272 e. The van der Waals surface area contributed by atoms with Crippen LogP contribution in [0.1, 0.15) is 17.2 Å². The molecule has 7 heteroatoms. The van der Waals surface area contributed by atoms with Gasteiger partial charge in [0.2, 0.25) is 0 Å². The van der Waals surface area contributed by atoms with Crippen LogP contribution in [-0.2, 0) is 14.8 Å². The van der Waals surface area contributed by atoms with Crippen LogP contribution in [-0.4, -0.2) is 24.0 Å². The van der Waals surface area contributed by atoms with E-state index in [1.807, 2.05) is 6.92 Å². The average Bonchev–Trinajstić information content (AvgIpc) is 2.53. The van der Waals surface area contributed by atoms with Crippen LogP contribution >= 0.6 is 11.6 Å². The molecule has 0 aliphatic carbocycles. The minimum absolute atomic E-state index is 0.0265. The maximum Gasteiger partial charge on any atom is 0.267 e. The highest BCUT2D eigenvalue weighted by Crippen LogP contribution is 2.43. The highest BCUT2D eigenvalue weighted by atomic mass is 35.5. The van der Waals surface area contributed by atoms with Crippen molar-refractivity contribution < 1.29 is 17.6 Å². The molecule has 2 atom stereocenters. The molecule has 1 unspecified atom stereocenters. The first-order valence-electron chi connectivity index (χ1n) is 6.87. The van der Waals surface area contributed by atoms with Gasteiger partial charge in [0.1, 0.15) is 17.2 Å². The smallest absolute Gasteiger partial charge is 0.267 e. The fraction of sp³-hybridized carbons (Fsp3) is 0.188. The summed E-state index contributed by atoms with van der Waals surface area (Å²) in [6.45, 7) is 1.82. The lowest BCUT2D eigenvalue weighted by Crippen LogP contribution is -2.58. The third-order valence-electron chi connectivity index (χ3n) is 3.78. The summed E-state index contributed by atoms with van der Waals surface area (Å²) in [5.74, 6) is -1.35. The minimum atomic E-state index is -4.08. The lowest BCUT2D eigenvalue weighted by molar-refractivity contribution is -0.137. The molecule has 1 fully saturated rings. The van der Waals surface area contributed by atoms with Crippen molar-refractivity contribution in [1.29, 1.82) is 0 Å². The Bertz CT molecular complexity index is 867. The Balaban J connectivity index is 2.05. The molecule has 2 aromatic rings. The van der Waals surface area contributed by atoms with Gasteiger partial charge in [-0.05, 0) is 25.1 Å². The number of β-lactam (4-membered cyclic amide) rings is 1. The maximum absolute atomic E-state index is 14.0. The van der Waals surface area contributed by atoms with E-state index < -0.39 is 33.2 Å². The molecular weight excluding hydrogens is 341 g/mol. The summed E-state index contributed by atoms with van der Waals surface area (Å²) in [7, 11) is -4.08. The van der Waals surface area contributed by atoms with Gasteiger partial charge in [0.15, 0.2) is 0 Å². The fourth-order valence-corrected chi connectivity index (χ4v) is 4.59. The predicted octanol–water partition coefficient (Wildman–Crippen LogP) is 3.01. The SMILES string of the molecule is Cc1ccc(S(=O)(=O)N2C(=O)C(Cl)[C@H]2c2ccccc2F)cc1. The van der Waals surface area contributed by atoms with Crippen molar-refractivity contribution in [2.45, 2.75) is 23.2 Å². The Morgan fingerprint density at radius 2 is 1.70 bits per heavy atom. The second-order valence-corrected chi connectivity index (χ2v) is 7.61. The maximum atomic E-state index is 14.0. The molecule has 1 saturated heterocycles.